The van der Waals surface area contributed by atoms with E-state index in [2.05, 4.69) is 66.2 Å². The first kappa shape index (κ1) is 15.6. The summed E-state index contributed by atoms with van der Waals surface area (Å²) in [4.78, 5) is 14.1. The highest BCUT2D eigenvalue weighted by molar-refractivity contribution is 7.10. The van der Waals surface area contributed by atoms with E-state index in [-0.39, 0.29) is 17.9 Å². The first-order valence-corrected chi connectivity index (χ1v) is 9.73. The van der Waals surface area contributed by atoms with Crippen molar-refractivity contribution in [3.8, 4) is 0 Å². The fourth-order valence-electron chi connectivity index (χ4n) is 4.05. The second-order valence-corrected chi connectivity index (χ2v) is 7.92. The SMILES string of the molecule is CCc1ccc([C@H](NC(=O)[C@@H]2C[C@H]3C=C[C@H]2C3)c2cccs2)cc1. The summed E-state index contributed by atoms with van der Waals surface area (Å²) in [5.74, 6) is 1.43. The van der Waals surface area contributed by atoms with Gasteiger partial charge >= 0.3 is 0 Å². The molecule has 3 heteroatoms. The Labute approximate surface area is 147 Å². The largest absolute Gasteiger partial charge is 0.344 e. The summed E-state index contributed by atoms with van der Waals surface area (Å²) in [7, 11) is 0. The maximum atomic E-state index is 12.9. The third-order valence-electron chi connectivity index (χ3n) is 5.45. The summed E-state index contributed by atoms with van der Waals surface area (Å²) in [6, 6.07) is 12.8. The van der Waals surface area contributed by atoms with Crippen LogP contribution in [0.15, 0.2) is 53.9 Å². The summed E-state index contributed by atoms with van der Waals surface area (Å²) in [6.07, 6.45) is 7.74. The zero-order valence-corrected chi connectivity index (χ0v) is 14.8. The Bertz CT molecular complexity index is 732. The lowest BCUT2D eigenvalue weighted by Gasteiger charge is -2.23. The first-order valence-electron chi connectivity index (χ1n) is 8.85. The lowest BCUT2D eigenvalue weighted by molar-refractivity contribution is -0.126. The van der Waals surface area contributed by atoms with Crippen LogP contribution in [-0.2, 0) is 11.2 Å². The monoisotopic (exact) mass is 337 g/mol. The van der Waals surface area contributed by atoms with Gasteiger partial charge in [0.15, 0.2) is 0 Å². The van der Waals surface area contributed by atoms with E-state index in [1.807, 2.05) is 0 Å². The standard InChI is InChI=1S/C21H23NOS/c1-2-14-5-8-16(9-6-14)20(19-4-3-11-24-19)22-21(23)18-13-15-7-10-17(18)12-15/h3-11,15,17-18,20H,2,12-13H2,1H3,(H,22,23)/t15-,17-,18+,20-/m0/s1. The minimum atomic E-state index is -0.0356. The lowest BCUT2D eigenvalue weighted by atomic mass is 9.92. The van der Waals surface area contributed by atoms with Crippen molar-refractivity contribution < 1.29 is 4.79 Å². The van der Waals surface area contributed by atoms with Crippen LogP contribution in [0, 0.1) is 17.8 Å². The van der Waals surface area contributed by atoms with E-state index in [0.717, 1.165) is 19.3 Å². The van der Waals surface area contributed by atoms with Crippen LogP contribution in [0.3, 0.4) is 0 Å². The van der Waals surface area contributed by atoms with E-state index in [1.54, 1.807) is 11.3 Å². The van der Waals surface area contributed by atoms with Gasteiger partial charge in [-0.05, 0) is 53.7 Å². The molecule has 1 saturated carbocycles. The summed E-state index contributed by atoms with van der Waals surface area (Å²) in [5, 5.41) is 5.42. The number of fused-ring (bicyclic) bond motifs is 2. The van der Waals surface area contributed by atoms with Gasteiger partial charge in [-0.1, -0.05) is 49.4 Å². The molecule has 2 nitrogen and oxygen atoms in total. The van der Waals surface area contributed by atoms with Crippen LogP contribution in [0.5, 0.6) is 0 Å². The lowest BCUT2D eigenvalue weighted by Crippen LogP contribution is -2.35. The quantitative estimate of drug-likeness (QED) is 0.785. The summed E-state index contributed by atoms with van der Waals surface area (Å²) >= 11 is 1.71. The molecule has 4 rings (SSSR count). The molecule has 0 aliphatic heterocycles. The average Bonchev–Trinajstić information content (AvgIpc) is 3.37. The highest BCUT2D eigenvalue weighted by Gasteiger charge is 2.40. The van der Waals surface area contributed by atoms with Gasteiger partial charge in [0.2, 0.25) is 5.91 Å². The number of carbonyl (C=O) groups is 1. The van der Waals surface area contributed by atoms with Crippen LogP contribution in [0.1, 0.15) is 41.8 Å². The Hall–Kier alpha value is -1.87. The maximum absolute atomic E-state index is 12.9. The van der Waals surface area contributed by atoms with Crippen molar-refractivity contribution in [1.82, 2.24) is 5.32 Å². The zero-order chi connectivity index (χ0) is 16.5. The van der Waals surface area contributed by atoms with Crippen LogP contribution < -0.4 is 5.32 Å². The molecule has 2 aliphatic rings. The van der Waals surface area contributed by atoms with Gasteiger partial charge in [-0.25, -0.2) is 0 Å². The molecular formula is C21H23NOS. The van der Waals surface area contributed by atoms with Crippen LogP contribution >= 0.6 is 11.3 Å². The fraction of sp³-hybridized carbons (Fsp3) is 0.381. The molecule has 1 N–H and O–H groups in total. The molecule has 2 bridgehead atoms. The third kappa shape index (κ3) is 2.93. The number of hydrogen-bond donors (Lipinski definition) is 1. The number of hydrogen-bond acceptors (Lipinski definition) is 2. The van der Waals surface area contributed by atoms with Crippen molar-refractivity contribution in [3.63, 3.8) is 0 Å². The van der Waals surface area contributed by atoms with Gasteiger partial charge in [0.25, 0.3) is 0 Å². The van der Waals surface area contributed by atoms with Crippen molar-refractivity contribution in [2.75, 3.05) is 0 Å². The smallest absolute Gasteiger partial charge is 0.224 e. The Morgan fingerprint density at radius 3 is 2.62 bits per heavy atom. The van der Waals surface area contributed by atoms with Crippen molar-refractivity contribution >= 4 is 17.2 Å². The number of carbonyl (C=O) groups excluding carboxylic acids is 1. The molecule has 0 saturated heterocycles. The molecule has 4 atom stereocenters. The maximum Gasteiger partial charge on any atom is 0.224 e. The molecule has 1 amide bonds. The molecule has 0 unspecified atom stereocenters. The van der Waals surface area contributed by atoms with Crippen LogP contribution in [-0.4, -0.2) is 5.91 Å². The number of rotatable bonds is 5. The number of amides is 1. The van der Waals surface area contributed by atoms with Crippen LogP contribution in [0.4, 0.5) is 0 Å². The highest BCUT2D eigenvalue weighted by atomic mass is 32.1. The van der Waals surface area contributed by atoms with Crippen molar-refractivity contribution in [2.45, 2.75) is 32.2 Å². The number of allylic oxidation sites excluding steroid dienone is 2. The third-order valence-corrected chi connectivity index (χ3v) is 6.39. The summed E-state index contributed by atoms with van der Waals surface area (Å²) in [6.45, 7) is 2.16. The number of nitrogens with one attached hydrogen (secondary N) is 1. The van der Waals surface area contributed by atoms with E-state index in [1.165, 1.54) is 16.0 Å². The average molecular weight is 337 g/mol. The molecule has 2 aromatic rings. The fourth-order valence-corrected chi connectivity index (χ4v) is 4.85. The zero-order valence-electron chi connectivity index (χ0n) is 13.9. The van der Waals surface area contributed by atoms with E-state index in [0.29, 0.717) is 11.8 Å². The van der Waals surface area contributed by atoms with Gasteiger partial charge in [-0.15, -0.1) is 11.3 Å². The normalized spacial score (nSPS) is 25.8. The Morgan fingerprint density at radius 1 is 1.21 bits per heavy atom. The van der Waals surface area contributed by atoms with Gasteiger partial charge in [0, 0.05) is 10.8 Å². The highest BCUT2D eigenvalue weighted by Crippen LogP contribution is 2.43. The molecule has 1 fully saturated rings. The van der Waals surface area contributed by atoms with Gasteiger partial charge in [-0.2, -0.15) is 0 Å². The molecule has 124 valence electrons. The molecule has 0 radical (unpaired) electrons. The molecular weight excluding hydrogens is 314 g/mol. The summed E-state index contributed by atoms with van der Waals surface area (Å²) in [5.41, 5.74) is 2.50. The van der Waals surface area contributed by atoms with Crippen LogP contribution in [0.2, 0.25) is 0 Å². The van der Waals surface area contributed by atoms with Gasteiger partial charge < -0.3 is 5.32 Å². The van der Waals surface area contributed by atoms with Crippen molar-refractivity contribution in [1.29, 1.82) is 0 Å². The molecule has 1 aromatic carbocycles. The second kappa shape index (κ2) is 6.56. The number of thiophene rings is 1. The molecule has 2 aliphatic carbocycles. The van der Waals surface area contributed by atoms with E-state index in [9.17, 15) is 4.79 Å². The molecule has 0 spiro atoms. The Morgan fingerprint density at radius 2 is 2.04 bits per heavy atom. The number of aryl methyl sites for hydroxylation is 1. The Balaban J connectivity index is 1.56. The number of benzene rings is 1. The van der Waals surface area contributed by atoms with Crippen molar-refractivity contribution in [3.05, 3.63) is 69.9 Å². The van der Waals surface area contributed by atoms with Crippen LogP contribution in [0.25, 0.3) is 0 Å². The molecule has 1 aromatic heterocycles. The Kier molecular flexibility index (Phi) is 4.28. The van der Waals surface area contributed by atoms with E-state index >= 15 is 0 Å². The molecule has 24 heavy (non-hydrogen) atoms. The van der Waals surface area contributed by atoms with Gasteiger partial charge in [-0.3, -0.25) is 4.79 Å². The molecule has 1 heterocycles. The van der Waals surface area contributed by atoms with E-state index < -0.39 is 0 Å². The predicted molar refractivity (Wildman–Crippen MR) is 99.0 cm³/mol. The minimum Gasteiger partial charge on any atom is -0.344 e. The first-order chi connectivity index (χ1) is 11.7. The minimum absolute atomic E-state index is 0.0356. The van der Waals surface area contributed by atoms with Gasteiger partial charge in [0.1, 0.15) is 0 Å². The van der Waals surface area contributed by atoms with Gasteiger partial charge in [0.05, 0.1) is 6.04 Å². The van der Waals surface area contributed by atoms with Crippen molar-refractivity contribution in [2.24, 2.45) is 17.8 Å². The summed E-state index contributed by atoms with van der Waals surface area (Å²) < 4.78 is 0. The van der Waals surface area contributed by atoms with E-state index in [4.69, 9.17) is 0 Å². The predicted octanol–water partition coefficient (Wildman–Crippen LogP) is 4.73. The topological polar surface area (TPSA) is 29.1 Å². The second-order valence-electron chi connectivity index (χ2n) is 6.94.